The third-order valence-corrected chi connectivity index (χ3v) is 4.90. The van der Waals surface area contributed by atoms with E-state index in [2.05, 4.69) is 15.9 Å². The molecule has 0 aliphatic heterocycles. The number of aliphatic hydroxyl groups is 1. The minimum absolute atomic E-state index is 0.0207. The molecule has 0 aromatic heterocycles. The Bertz CT molecular complexity index is 683. The van der Waals surface area contributed by atoms with Gasteiger partial charge in [-0.3, -0.25) is 4.79 Å². The van der Waals surface area contributed by atoms with Gasteiger partial charge in [0, 0.05) is 17.6 Å². The summed E-state index contributed by atoms with van der Waals surface area (Å²) in [7, 11) is 0. The van der Waals surface area contributed by atoms with Crippen LogP contribution in [0.4, 0.5) is 0 Å². The number of hydrogen-bond acceptors (Lipinski definition) is 2. The van der Waals surface area contributed by atoms with Gasteiger partial charge in [0.05, 0.1) is 12.0 Å². The average Bonchev–Trinajstić information content (AvgIpc) is 3.37. The van der Waals surface area contributed by atoms with E-state index in [1.807, 2.05) is 54.6 Å². The summed E-state index contributed by atoms with van der Waals surface area (Å²) >= 11 is 3.49. The van der Waals surface area contributed by atoms with E-state index in [4.69, 9.17) is 0 Å². The van der Waals surface area contributed by atoms with E-state index < -0.39 is 5.41 Å². The summed E-state index contributed by atoms with van der Waals surface area (Å²) in [5.41, 5.74) is 1.74. The van der Waals surface area contributed by atoms with Crippen LogP contribution in [0.1, 0.15) is 24.0 Å². The largest absolute Gasteiger partial charge is 0.395 e. The van der Waals surface area contributed by atoms with Gasteiger partial charge in [0.2, 0.25) is 5.91 Å². The van der Waals surface area contributed by atoms with Crippen molar-refractivity contribution in [3.8, 4) is 0 Å². The van der Waals surface area contributed by atoms with Crippen molar-refractivity contribution < 1.29 is 9.90 Å². The first-order valence-electron chi connectivity index (χ1n) is 7.86. The van der Waals surface area contributed by atoms with Crippen molar-refractivity contribution in [2.45, 2.75) is 24.8 Å². The molecule has 0 radical (unpaired) electrons. The van der Waals surface area contributed by atoms with E-state index in [-0.39, 0.29) is 12.5 Å². The van der Waals surface area contributed by atoms with Crippen molar-refractivity contribution >= 4 is 21.8 Å². The predicted molar refractivity (Wildman–Crippen MR) is 94.0 cm³/mol. The van der Waals surface area contributed by atoms with Gasteiger partial charge in [-0.1, -0.05) is 58.4 Å². The van der Waals surface area contributed by atoms with Gasteiger partial charge in [-0.15, -0.1) is 0 Å². The Kier molecular flexibility index (Phi) is 4.83. The van der Waals surface area contributed by atoms with Crippen LogP contribution in [0.5, 0.6) is 0 Å². The summed E-state index contributed by atoms with van der Waals surface area (Å²) in [4.78, 5) is 14.9. The van der Waals surface area contributed by atoms with Crippen molar-refractivity contribution in [2.75, 3.05) is 13.2 Å². The van der Waals surface area contributed by atoms with E-state index in [0.29, 0.717) is 13.1 Å². The minimum Gasteiger partial charge on any atom is -0.395 e. The van der Waals surface area contributed by atoms with Crippen LogP contribution in [-0.4, -0.2) is 29.1 Å². The van der Waals surface area contributed by atoms with Crippen LogP contribution < -0.4 is 0 Å². The molecular weight excluding hydrogens is 354 g/mol. The van der Waals surface area contributed by atoms with Gasteiger partial charge in [0.25, 0.3) is 0 Å². The SMILES string of the molecule is O=C(N(CCO)Cc1ccccc1)C1(c2cccc(Br)c2)CC1. The van der Waals surface area contributed by atoms with Crippen LogP contribution in [0.2, 0.25) is 0 Å². The predicted octanol–water partition coefficient (Wildman–Crippen LogP) is 3.50. The first-order chi connectivity index (χ1) is 11.2. The highest BCUT2D eigenvalue weighted by molar-refractivity contribution is 9.10. The summed E-state index contributed by atoms with van der Waals surface area (Å²) in [6.07, 6.45) is 1.75. The number of rotatable bonds is 6. The molecule has 120 valence electrons. The fourth-order valence-corrected chi connectivity index (χ4v) is 3.42. The second kappa shape index (κ2) is 6.85. The highest BCUT2D eigenvalue weighted by atomic mass is 79.9. The quantitative estimate of drug-likeness (QED) is 0.841. The molecule has 1 N–H and O–H groups in total. The van der Waals surface area contributed by atoms with E-state index in [1.165, 1.54) is 0 Å². The second-order valence-electron chi connectivity index (χ2n) is 6.03. The maximum atomic E-state index is 13.1. The average molecular weight is 374 g/mol. The van der Waals surface area contributed by atoms with Crippen molar-refractivity contribution in [3.05, 3.63) is 70.2 Å². The molecule has 0 atom stereocenters. The molecule has 3 nitrogen and oxygen atoms in total. The highest BCUT2D eigenvalue weighted by Gasteiger charge is 2.52. The van der Waals surface area contributed by atoms with Gasteiger partial charge >= 0.3 is 0 Å². The molecule has 4 heteroatoms. The fourth-order valence-electron chi connectivity index (χ4n) is 3.02. The van der Waals surface area contributed by atoms with E-state index in [9.17, 15) is 9.90 Å². The Morgan fingerprint density at radius 2 is 1.87 bits per heavy atom. The lowest BCUT2D eigenvalue weighted by atomic mass is 9.94. The maximum Gasteiger partial charge on any atom is 0.233 e. The second-order valence-corrected chi connectivity index (χ2v) is 6.94. The zero-order valence-electron chi connectivity index (χ0n) is 12.9. The minimum atomic E-state index is -0.409. The zero-order valence-corrected chi connectivity index (χ0v) is 14.5. The van der Waals surface area contributed by atoms with E-state index in [0.717, 1.165) is 28.4 Å². The summed E-state index contributed by atoms with van der Waals surface area (Å²) < 4.78 is 0.992. The molecule has 0 heterocycles. The third-order valence-electron chi connectivity index (χ3n) is 4.41. The Morgan fingerprint density at radius 3 is 2.48 bits per heavy atom. The van der Waals surface area contributed by atoms with Crippen molar-refractivity contribution in [1.82, 2.24) is 4.90 Å². The van der Waals surface area contributed by atoms with Crippen LogP contribution in [0.3, 0.4) is 0 Å². The molecule has 0 unspecified atom stereocenters. The van der Waals surface area contributed by atoms with Gasteiger partial charge in [-0.25, -0.2) is 0 Å². The number of hydrogen-bond donors (Lipinski definition) is 1. The van der Waals surface area contributed by atoms with Crippen LogP contribution >= 0.6 is 15.9 Å². The first-order valence-corrected chi connectivity index (χ1v) is 8.65. The number of aliphatic hydroxyl groups excluding tert-OH is 1. The number of amides is 1. The molecule has 0 bridgehead atoms. The van der Waals surface area contributed by atoms with Gasteiger partial charge in [-0.2, -0.15) is 0 Å². The van der Waals surface area contributed by atoms with Crippen LogP contribution in [-0.2, 0) is 16.8 Å². The summed E-state index contributed by atoms with van der Waals surface area (Å²) in [5.74, 6) is 0.119. The lowest BCUT2D eigenvalue weighted by molar-refractivity contribution is -0.135. The first kappa shape index (κ1) is 16.2. The molecule has 0 spiro atoms. The molecule has 1 fully saturated rings. The standard InChI is InChI=1S/C19H20BrNO2/c20-17-8-4-7-16(13-17)19(9-10-19)18(23)21(11-12-22)14-15-5-2-1-3-6-15/h1-8,13,22H,9-12,14H2. The maximum absolute atomic E-state index is 13.1. The summed E-state index contributed by atoms with van der Waals surface area (Å²) in [6, 6.07) is 17.9. The normalized spacial score (nSPS) is 15.2. The Labute approximate surface area is 145 Å². The van der Waals surface area contributed by atoms with Gasteiger partial charge in [0.1, 0.15) is 0 Å². The molecule has 0 saturated heterocycles. The zero-order chi connectivity index (χ0) is 16.3. The molecule has 1 amide bonds. The molecule has 2 aromatic carbocycles. The number of benzene rings is 2. The number of carbonyl (C=O) groups is 1. The molecule has 3 rings (SSSR count). The Hall–Kier alpha value is -1.65. The van der Waals surface area contributed by atoms with E-state index in [1.54, 1.807) is 4.90 Å². The van der Waals surface area contributed by atoms with Crippen molar-refractivity contribution in [3.63, 3.8) is 0 Å². The molecule has 23 heavy (non-hydrogen) atoms. The molecule has 1 saturated carbocycles. The monoisotopic (exact) mass is 373 g/mol. The molecular formula is C19H20BrNO2. The van der Waals surface area contributed by atoms with E-state index >= 15 is 0 Å². The molecule has 1 aliphatic carbocycles. The van der Waals surface area contributed by atoms with Crippen molar-refractivity contribution in [1.29, 1.82) is 0 Å². The lowest BCUT2D eigenvalue weighted by Gasteiger charge is -2.27. The lowest BCUT2D eigenvalue weighted by Crippen LogP contribution is -2.40. The summed E-state index contributed by atoms with van der Waals surface area (Å²) in [6.45, 7) is 0.882. The van der Waals surface area contributed by atoms with Gasteiger partial charge < -0.3 is 10.0 Å². The van der Waals surface area contributed by atoms with Crippen LogP contribution in [0.15, 0.2) is 59.1 Å². The Morgan fingerprint density at radius 1 is 1.13 bits per heavy atom. The van der Waals surface area contributed by atoms with Gasteiger partial charge in [0.15, 0.2) is 0 Å². The number of nitrogens with zero attached hydrogens (tertiary/aromatic N) is 1. The smallest absolute Gasteiger partial charge is 0.233 e. The van der Waals surface area contributed by atoms with Gasteiger partial charge in [-0.05, 0) is 36.1 Å². The number of halogens is 1. The molecule has 1 aliphatic rings. The Balaban J connectivity index is 1.83. The van der Waals surface area contributed by atoms with Crippen molar-refractivity contribution in [2.24, 2.45) is 0 Å². The third kappa shape index (κ3) is 3.48. The summed E-state index contributed by atoms with van der Waals surface area (Å²) in [5, 5.41) is 9.36. The fraction of sp³-hybridized carbons (Fsp3) is 0.316. The number of carbonyl (C=O) groups excluding carboxylic acids is 1. The topological polar surface area (TPSA) is 40.5 Å². The molecule has 2 aromatic rings. The highest BCUT2D eigenvalue weighted by Crippen LogP contribution is 2.50. The van der Waals surface area contributed by atoms with Crippen LogP contribution in [0.25, 0.3) is 0 Å². The van der Waals surface area contributed by atoms with Crippen LogP contribution in [0, 0.1) is 0 Å².